The van der Waals surface area contributed by atoms with E-state index in [1.165, 1.54) is 12.8 Å². The van der Waals surface area contributed by atoms with Gasteiger partial charge in [-0.1, -0.05) is 11.6 Å². The molecule has 1 N–H and O–H groups in total. The van der Waals surface area contributed by atoms with Crippen molar-refractivity contribution in [2.75, 3.05) is 38.5 Å². The first kappa shape index (κ1) is 14.2. The molecule has 0 aromatic heterocycles. The summed E-state index contributed by atoms with van der Waals surface area (Å²) in [7, 11) is 1.82. The summed E-state index contributed by atoms with van der Waals surface area (Å²) in [6, 6.07) is 7.05. The lowest BCUT2D eigenvalue weighted by atomic mass is 10.3. The fourth-order valence-corrected chi connectivity index (χ4v) is 2.28. The van der Waals surface area contributed by atoms with E-state index in [0.717, 1.165) is 31.9 Å². The maximum atomic E-state index is 12.0. The van der Waals surface area contributed by atoms with E-state index in [0.29, 0.717) is 5.02 Å². The van der Waals surface area contributed by atoms with Gasteiger partial charge >= 0.3 is 6.03 Å². The molecule has 1 aromatic carbocycles. The molecule has 0 atom stereocenters. The normalized spacial score (nSPS) is 15.5. The minimum atomic E-state index is -0.0819. The lowest BCUT2D eigenvalue weighted by Gasteiger charge is -2.21. The van der Waals surface area contributed by atoms with Crippen LogP contribution in [0.2, 0.25) is 5.02 Å². The molecule has 2 amide bonds. The van der Waals surface area contributed by atoms with E-state index in [-0.39, 0.29) is 6.03 Å². The summed E-state index contributed by atoms with van der Waals surface area (Å²) in [4.78, 5) is 16.1. The van der Waals surface area contributed by atoms with Crippen molar-refractivity contribution in [3.05, 3.63) is 29.3 Å². The standard InChI is InChI=1S/C14H20ClN3O/c1-17(10-11-18-8-2-3-9-18)14(19)16-13-6-4-12(15)5-7-13/h4-7H,2-3,8-11H2,1H3,(H,16,19). The molecule has 0 unspecified atom stereocenters. The van der Waals surface area contributed by atoms with E-state index in [1.807, 2.05) is 7.05 Å². The number of carbonyl (C=O) groups excluding carboxylic acids is 1. The molecule has 1 heterocycles. The molecule has 0 bridgehead atoms. The van der Waals surface area contributed by atoms with Crippen molar-refractivity contribution in [3.8, 4) is 0 Å². The van der Waals surface area contributed by atoms with Gasteiger partial charge in [-0.2, -0.15) is 0 Å². The van der Waals surface area contributed by atoms with E-state index in [9.17, 15) is 4.79 Å². The molecule has 4 nitrogen and oxygen atoms in total. The Bertz CT molecular complexity index is 415. The number of anilines is 1. The molecule has 104 valence electrons. The topological polar surface area (TPSA) is 35.6 Å². The molecule has 1 aliphatic heterocycles. The second-order valence-corrected chi connectivity index (χ2v) is 5.34. The van der Waals surface area contributed by atoms with Gasteiger partial charge in [-0.3, -0.25) is 0 Å². The molecular weight excluding hydrogens is 262 g/mol. The molecule has 1 fully saturated rings. The summed E-state index contributed by atoms with van der Waals surface area (Å²) in [6.07, 6.45) is 2.56. The lowest BCUT2D eigenvalue weighted by molar-refractivity contribution is 0.213. The minimum Gasteiger partial charge on any atom is -0.326 e. The zero-order valence-electron chi connectivity index (χ0n) is 11.2. The summed E-state index contributed by atoms with van der Waals surface area (Å²) in [5, 5.41) is 3.52. The van der Waals surface area contributed by atoms with Crippen LogP contribution >= 0.6 is 11.6 Å². The summed E-state index contributed by atoms with van der Waals surface area (Å²) < 4.78 is 0. The molecule has 2 rings (SSSR count). The molecular formula is C14H20ClN3O. The third-order valence-electron chi connectivity index (χ3n) is 3.39. The van der Waals surface area contributed by atoms with Crippen LogP contribution < -0.4 is 5.32 Å². The van der Waals surface area contributed by atoms with Crippen LogP contribution in [0.15, 0.2) is 24.3 Å². The zero-order valence-corrected chi connectivity index (χ0v) is 12.0. The number of amides is 2. The Morgan fingerprint density at radius 1 is 1.32 bits per heavy atom. The number of hydrogen-bond donors (Lipinski definition) is 1. The predicted octanol–water partition coefficient (Wildman–Crippen LogP) is 2.90. The number of likely N-dealkylation sites (tertiary alicyclic amines) is 1. The van der Waals surface area contributed by atoms with E-state index in [2.05, 4.69) is 10.2 Å². The number of carbonyl (C=O) groups is 1. The van der Waals surface area contributed by atoms with Crippen LogP contribution in [0.3, 0.4) is 0 Å². The van der Waals surface area contributed by atoms with Crippen molar-refractivity contribution in [2.24, 2.45) is 0 Å². The highest BCUT2D eigenvalue weighted by atomic mass is 35.5. The van der Waals surface area contributed by atoms with Crippen molar-refractivity contribution < 1.29 is 4.79 Å². The Labute approximate surface area is 119 Å². The van der Waals surface area contributed by atoms with Gasteiger partial charge in [0.15, 0.2) is 0 Å². The maximum absolute atomic E-state index is 12.0. The Kier molecular flexibility index (Phi) is 5.05. The number of nitrogens with zero attached hydrogens (tertiary/aromatic N) is 2. The van der Waals surface area contributed by atoms with E-state index < -0.39 is 0 Å². The summed E-state index contributed by atoms with van der Waals surface area (Å²) >= 11 is 5.80. The molecule has 0 saturated carbocycles. The molecule has 1 saturated heterocycles. The zero-order chi connectivity index (χ0) is 13.7. The van der Waals surface area contributed by atoms with Crippen LogP contribution in [0, 0.1) is 0 Å². The van der Waals surface area contributed by atoms with Gasteiger partial charge in [0.2, 0.25) is 0 Å². The van der Waals surface area contributed by atoms with Gasteiger partial charge in [0.25, 0.3) is 0 Å². The first-order chi connectivity index (χ1) is 9.15. The number of urea groups is 1. The molecule has 0 spiro atoms. The fourth-order valence-electron chi connectivity index (χ4n) is 2.15. The van der Waals surface area contributed by atoms with Crippen LogP contribution in [0.1, 0.15) is 12.8 Å². The number of halogens is 1. The van der Waals surface area contributed by atoms with Gasteiger partial charge in [-0.25, -0.2) is 4.79 Å². The second kappa shape index (κ2) is 6.78. The van der Waals surface area contributed by atoms with Crippen molar-refractivity contribution in [1.29, 1.82) is 0 Å². The maximum Gasteiger partial charge on any atom is 0.321 e. The third-order valence-corrected chi connectivity index (χ3v) is 3.64. The van der Waals surface area contributed by atoms with Crippen LogP contribution in [-0.2, 0) is 0 Å². The second-order valence-electron chi connectivity index (χ2n) is 4.91. The van der Waals surface area contributed by atoms with Gasteiger partial charge in [0.1, 0.15) is 0 Å². The van der Waals surface area contributed by atoms with Gasteiger partial charge in [-0.15, -0.1) is 0 Å². The Morgan fingerprint density at radius 2 is 1.95 bits per heavy atom. The molecule has 0 aliphatic carbocycles. The highest BCUT2D eigenvalue weighted by molar-refractivity contribution is 6.30. The molecule has 5 heteroatoms. The smallest absolute Gasteiger partial charge is 0.321 e. The van der Waals surface area contributed by atoms with E-state index in [4.69, 9.17) is 11.6 Å². The average Bonchev–Trinajstić information content (AvgIpc) is 2.91. The molecule has 0 radical (unpaired) electrons. The van der Waals surface area contributed by atoms with Gasteiger partial charge in [0, 0.05) is 30.8 Å². The number of rotatable bonds is 4. The minimum absolute atomic E-state index is 0.0819. The highest BCUT2D eigenvalue weighted by Crippen LogP contribution is 2.13. The third kappa shape index (κ3) is 4.40. The molecule has 19 heavy (non-hydrogen) atoms. The van der Waals surface area contributed by atoms with Crippen molar-refractivity contribution in [3.63, 3.8) is 0 Å². The van der Waals surface area contributed by atoms with Crippen LogP contribution in [0.25, 0.3) is 0 Å². The summed E-state index contributed by atoms with van der Waals surface area (Å²) in [6.45, 7) is 4.02. The fraction of sp³-hybridized carbons (Fsp3) is 0.500. The summed E-state index contributed by atoms with van der Waals surface area (Å²) in [5.41, 5.74) is 0.766. The Balaban J connectivity index is 1.76. The van der Waals surface area contributed by atoms with Gasteiger partial charge in [0.05, 0.1) is 0 Å². The van der Waals surface area contributed by atoms with Crippen LogP contribution in [0.5, 0.6) is 0 Å². The lowest BCUT2D eigenvalue weighted by Crippen LogP contribution is -2.37. The largest absolute Gasteiger partial charge is 0.326 e. The van der Waals surface area contributed by atoms with Crippen LogP contribution in [0.4, 0.5) is 10.5 Å². The first-order valence-corrected chi connectivity index (χ1v) is 7.03. The van der Waals surface area contributed by atoms with E-state index in [1.54, 1.807) is 29.2 Å². The average molecular weight is 282 g/mol. The number of hydrogen-bond acceptors (Lipinski definition) is 2. The molecule has 1 aromatic rings. The summed E-state index contributed by atoms with van der Waals surface area (Å²) in [5.74, 6) is 0. The highest BCUT2D eigenvalue weighted by Gasteiger charge is 2.14. The predicted molar refractivity (Wildman–Crippen MR) is 78.8 cm³/mol. The quantitative estimate of drug-likeness (QED) is 0.921. The van der Waals surface area contributed by atoms with E-state index >= 15 is 0 Å². The van der Waals surface area contributed by atoms with Crippen molar-refractivity contribution in [1.82, 2.24) is 9.80 Å². The number of likely N-dealkylation sites (N-methyl/N-ethyl adjacent to an activating group) is 1. The molecule has 1 aliphatic rings. The Hall–Kier alpha value is -1.26. The van der Waals surface area contributed by atoms with Gasteiger partial charge in [-0.05, 0) is 50.2 Å². The number of nitrogens with one attached hydrogen (secondary N) is 1. The number of benzene rings is 1. The van der Waals surface area contributed by atoms with Crippen LogP contribution in [-0.4, -0.2) is 49.1 Å². The Morgan fingerprint density at radius 3 is 2.58 bits per heavy atom. The van der Waals surface area contributed by atoms with Crippen molar-refractivity contribution >= 4 is 23.3 Å². The van der Waals surface area contributed by atoms with Crippen molar-refractivity contribution in [2.45, 2.75) is 12.8 Å². The first-order valence-electron chi connectivity index (χ1n) is 6.65. The SMILES string of the molecule is CN(CCN1CCCC1)C(=O)Nc1ccc(Cl)cc1. The van der Waals surface area contributed by atoms with Gasteiger partial charge < -0.3 is 15.1 Å². The monoisotopic (exact) mass is 281 g/mol.